The molecule has 0 N–H and O–H groups in total. The molecular weight excluding hydrogens is 237 g/mol. The van der Waals surface area contributed by atoms with Crippen LogP contribution in [0.1, 0.15) is 17.0 Å². The predicted molar refractivity (Wildman–Crippen MR) is 64.5 cm³/mol. The monoisotopic (exact) mass is 247 g/mol. The quantitative estimate of drug-likeness (QED) is 0.775. The van der Waals surface area contributed by atoms with E-state index in [1.165, 1.54) is 12.1 Å². The van der Waals surface area contributed by atoms with Gasteiger partial charge in [-0.05, 0) is 30.7 Å². The zero-order chi connectivity index (χ0) is 11.8. The van der Waals surface area contributed by atoms with Crippen LogP contribution in [-0.2, 0) is 17.6 Å². The second-order valence-corrected chi connectivity index (χ2v) is 5.19. The molecule has 1 aromatic heterocycles. The Balaban J connectivity index is 1.99. The number of thiazole rings is 1. The molecule has 4 heteroatoms. The van der Waals surface area contributed by atoms with Gasteiger partial charge in [-0.1, -0.05) is 0 Å². The summed E-state index contributed by atoms with van der Waals surface area (Å²) in [6.45, 7) is 0. The summed E-state index contributed by atoms with van der Waals surface area (Å²) in [6, 6.07) is 6.31. The van der Waals surface area contributed by atoms with Gasteiger partial charge in [0.05, 0.1) is 5.69 Å². The first kappa shape index (κ1) is 10.6. The van der Waals surface area contributed by atoms with E-state index in [-0.39, 0.29) is 11.6 Å². The Morgan fingerprint density at radius 3 is 2.71 bits per heavy atom. The minimum atomic E-state index is -0.245. The van der Waals surface area contributed by atoms with Crippen molar-refractivity contribution in [3.05, 3.63) is 40.7 Å². The third-order valence-electron chi connectivity index (χ3n) is 2.87. The minimum absolute atomic E-state index is 0.245. The van der Waals surface area contributed by atoms with E-state index in [0.29, 0.717) is 12.8 Å². The number of halogens is 1. The molecule has 86 valence electrons. The summed E-state index contributed by atoms with van der Waals surface area (Å²) >= 11 is 1.54. The smallest absolute Gasteiger partial charge is 0.138 e. The first-order valence-corrected chi connectivity index (χ1v) is 6.30. The molecule has 0 aliphatic heterocycles. The molecule has 0 bridgehead atoms. The highest BCUT2D eigenvalue weighted by atomic mass is 32.1. The predicted octanol–water partition coefficient (Wildman–Crippen LogP) is 3.01. The molecular formula is C13H10FNOS. The fourth-order valence-electron chi connectivity index (χ4n) is 1.96. The molecule has 0 unspecified atom stereocenters. The van der Waals surface area contributed by atoms with Gasteiger partial charge in [-0.25, -0.2) is 9.37 Å². The van der Waals surface area contributed by atoms with Gasteiger partial charge >= 0.3 is 0 Å². The van der Waals surface area contributed by atoms with Crippen LogP contribution in [0.3, 0.4) is 0 Å². The number of aryl methyl sites for hydroxylation is 1. The number of Topliss-reactive ketones (excluding diaryl/α,β-unsaturated/α-hetero) is 1. The Hall–Kier alpha value is -1.55. The number of aromatic nitrogens is 1. The van der Waals surface area contributed by atoms with Gasteiger partial charge in [-0.2, -0.15) is 0 Å². The Labute approximate surface area is 102 Å². The summed E-state index contributed by atoms with van der Waals surface area (Å²) in [5.74, 6) is 0.0389. The Bertz CT molecular complexity index is 574. The average Bonchev–Trinajstić information content (AvgIpc) is 2.72. The number of carbonyl (C=O) groups is 1. The number of rotatable bonds is 1. The molecule has 0 saturated heterocycles. The first-order valence-electron chi connectivity index (χ1n) is 5.48. The van der Waals surface area contributed by atoms with Crippen LogP contribution >= 0.6 is 11.3 Å². The summed E-state index contributed by atoms with van der Waals surface area (Å²) < 4.78 is 12.8. The van der Waals surface area contributed by atoms with Crippen molar-refractivity contribution in [2.45, 2.75) is 19.3 Å². The highest BCUT2D eigenvalue weighted by molar-refractivity contribution is 7.15. The maximum atomic E-state index is 12.8. The van der Waals surface area contributed by atoms with Gasteiger partial charge in [-0.15, -0.1) is 11.3 Å². The van der Waals surface area contributed by atoms with Crippen molar-refractivity contribution in [3.63, 3.8) is 0 Å². The zero-order valence-electron chi connectivity index (χ0n) is 9.07. The van der Waals surface area contributed by atoms with E-state index in [9.17, 15) is 9.18 Å². The second-order valence-electron chi connectivity index (χ2n) is 4.11. The van der Waals surface area contributed by atoms with Gasteiger partial charge in [0.2, 0.25) is 0 Å². The number of benzene rings is 1. The highest BCUT2D eigenvalue weighted by Crippen LogP contribution is 2.31. The molecule has 0 radical (unpaired) electrons. The van der Waals surface area contributed by atoms with Gasteiger partial charge in [0.25, 0.3) is 0 Å². The van der Waals surface area contributed by atoms with Gasteiger partial charge in [-0.3, -0.25) is 4.79 Å². The third kappa shape index (κ3) is 2.00. The lowest BCUT2D eigenvalue weighted by molar-refractivity contribution is -0.118. The average molecular weight is 247 g/mol. The van der Waals surface area contributed by atoms with Crippen molar-refractivity contribution in [2.75, 3.05) is 0 Å². The molecule has 2 nitrogen and oxygen atoms in total. The van der Waals surface area contributed by atoms with E-state index in [0.717, 1.165) is 27.6 Å². The molecule has 3 rings (SSSR count). The van der Waals surface area contributed by atoms with Crippen LogP contribution in [0, 0.1) is 5.82 Å². The molecule has 17 heavy (non-hydrogen) atoms. The van der Waals surface area contributed by atoms with E-state index >= 15 is 0 Å². The molecule has 0 saturated carbocycles. The van der Waals surface area contributed by atoms with Gasteiger partial charge in [0.1, 0.15) is 16.6 Å². The zero-order valence-corrected chi connectivity index (χ0v) is 9.89. The maximum absolute atomic E-state index is 12.8. The Kier molecular flexibility index (Phi) is 2.52. The van der Waals surface area contributed by atoms with E-state index < -0.39 is 0 Å². The topological polar surface area (TPSA) is 30.0 Å². The van der Waals surface area contributed by atoms with Crippen LogP contribution < -0.4 is 0 Å². The maximum Gasteiger partial charge on any atom is 0.138 e. The lowest BCUT2D eigenvalue weighted by atomic mass is 10.0. The van der Waals surface area contributed by atoms with E-state index in [2.05, 4.69) is 4.98 Å². The summed E-state index contributed by atoms with van der Waals surface area (Å²) in [7, 11) is 0. The summed E-state index contributed by atoms with van der Waals surface area (Å²) in [6.07, 6.45) is 1.85. The van der Waals surface area contributed by atoms with Crippen molar-refractivity contribution in [1.82, 2.24) is 4.98 Å². The normalized spacial score (nSPS) is 14.8. The van der Waals surface area contributed by atoms with Gasteiger partial charge in [0, 0.05) is 23.3 Å². The molecule has 1 aromatic carbocycles. The number of ketones is 1. The van der Waals surface area contributed by atoms with Crippen LogP contribution in [0.5, 0.6) is 0 Å². The fourth-order valence-corrected chi connectivity index (χ4v) is 3.10. The molecule has 0 spiro atoms. The third-order valence-corrected chi connectivity index (χ3v) is 4.01. The largest absolute Gasteiger partial charge is 0.299 e. The number of nitrogens with zero attached hydrogens (tertiary/aromatic N) is 1. The van der Waals surface area contributed by atoms with Crippen molar-refractivity contribution in [2.24, 2.45) is 0 Å². The number of hydrogen-bond acceptors (Lipinski definition) is 3. The van der Waals surface area contributed by atoms with Crippen LogP contribution in [0.2, 0.25) is 0 Å². The lowest BCUT2D eigenvalue weighted by Crippen LogP contribution is -2.11. The van der Waals surface area contributed by atoms with E-state index in [4.69, 9.17) is 0 Å². The van der Waals surface area contributed by atoms with Crippen LogP contribution in [-0.4, -0.2) is 10.8 Å². The Morgan fingerprint density at radius 1 is 1.18 bits per heavy atom. The van der Waals surface area contributed by atoms with Crippen LogP contribution in [0.4, 0.5) is 4.39 Å². The first-order chi connectivity index (χ1) is 8.22. The Morgan fingerprint density at radius 2 is 1.94 bits per heavy atom. The lowest BCUT2D eigenvalue weighted by Gasteiger charge is -2.06. The van der Waals surface area contributed by atoms with Crippen molar-refractivity contribution < 1.29 is 9.18 Å². The minimum Gasteiger partial charge on any atom is -0.299 e. The summed E-state index contributed by atoms with van der Waals surface area (Å²) in [5, 5.41) is 0.879. The molecule has 1 aliphatic carbocycles. The van der Waals surface area contributed by atoms with Crippen molar-refractivity contribution in [1.29, 1.82) is 0 Å². The van der Waals surface area contributed by atoms with Gasteiger partial charge in [0.15, 0.2) is 0 Å². The molecule has 0 fully saturated rings. The molecule has 0 amide bonds. The van der Waals surface area contributed by atoms with Crippen molar-refractivity contribution in [3.8, 4) is 10.6 Å². The molecule has 1 aliphatic rings. The van der Waals surface area contributed by atoms with Crippen LogP contribution in [0.25, 0.3) is 10.6 Å². The van der Waals surface area contributed by atoms with E-state index in [1.807, 2.05) is 0 Å². The highest BCUT2D eigenvalue weighted by Gasteiger charge is 2.20. The van der Waals surface area contributed by atoms with Gasteiger partial charge < -0.3 is 0 Å². The fraction of sp³-hybridized carbons (Fsp3) is 0.231. The number of fused-ring (bicyclic) bond motifs is 1. The van der Waals surface area contributed by atoms with Crippen molar-refractivity contribution >= 4 is 17.1 Å². The van der Waals surface area contributed by atoms with E-state index in [1.54, 1.807) is 23.5 Å². The molecule has 2 aromatic rings. The molecule has 0 atom stereocenters. The second kappa shape index (κ2) is 4.04. The standard InChI is InChI=1S/C13H10FNOS/c14-9-3-1-8(2-4-9)13-15-11-6-5-10(16)7-12(11)17-13/h1-4H,5-7H2. The summed E-state index contributed by atoms with van der Waals surface area (Å²) in [4.78, 5) is 16.9. The SMILES string of the molecule is O=C1CCc2nc(-c3ccc(F)cc3)sc2C1. The number of hydrogen-bond donors (Lipinski definition) is 0. The molecule has 1 heterocycles. The number of carbonyl (C=O) groups excluding carboxylic acids is 1. The summed E-state index contributed by atoms with van der Waals surface area (Å²) in [5.41, 5.74) is 1.95. The van der Waals surface area contributed by atoms with Crippen LogP contribution in [0.15, 0.2) is 24.3 Å².